The lowest BCUT2D eigenvalue weighted by molar-refractivity contribution is 0.105. The normalized spacial score (nSPS) is 17.6. The number of guanidine groups is 1. The summed E-state index contributed by atoms with van der Waals surface area (Å²) in [5.41, 5.74) is 1.69. The number of thiophene rings is 1. The Morgan fingerprint density at radius 1 is 1.36 bits per heavy atom. The highest BCUT2D eigenvalue weighted by Crippen LogP contribution is 2.40. The molecule has 0 spiro atoms. The largest absolute Gasteiger partial charge is 0.382 e. The number of rotatable bonds is 8. The van der Waals surface area contributed by atoms with Gasteiger partial charge < -0.3 is 15.4 Å². The summed E-state index contributed by atoms with van der Waals surface area (Å²) in [6.45, 7) is 5.57. The van der Waals surface area contributed by atoms with E-state index in [9.17, 15) is 0 Å². The molecular formula is C17H29N3OS. The molecule has 2 rings (SSSR count). The zero-order valence-corrected chi connectivity index (χ0v) is 14.7. The summed E-state index contributed by atoms with van der Waals surface area (Å²) in [7, 11) is 1.84. The first-order chi connectivity index (χ1) is 10.8. The van der Waals surface area contributed by atoms with Crippen LogP contribution >= 0.6 is 11.3 Å². The molecule has 0 atom stereocenters. The van der Waals surface area contributed by atoms with Crippen LogP contribution in [0.3, 0.4) is 0 Å². The molecule has 4 nitrogen and oxygen atoms in total. The highest BCUT2D eigenvalue weighted by atomic mass is 32.1. The fraction of sp³-hybridized carbons (Fsp3) is 0.706. The van der Waals surface area contributed by atoms with Gasteiger partial charge in [-0.25, -0.2) is 0 Å². The number of aliphatic imine (C=N–C) groups is 1. The van der Waals surface area contributed by atoms with Crippen molar-refractivity contribution in [3.63, 3.8) is 0 Å². The van der Waals surface area contributed by atoms with E-state index in [1.54, 1.807) is 11.3 Å². The van der Waals surface area contributed by atoms with Crippen LogP contribution in [-0.4, -0.2) is 32.8 Å². The highest BCUT2D eigenvalue weighted by Gasteiger charge is 2.33. The Bertz CT molecular complexity index is 439. The first-order valence-corrected chi connectivity index (χ1v) is 9.26. The summed E-state index contributed by atoms with van der Waals surface area (Å²) in [5.74, 6) is 0.897. The van der Waals surface area contributed by atoms with E-state index in [0.29, 0.717) is 5.41 Å². The van der Waals surface area contributed by atoms with Crippen LogP contribution in [0.25, 0.3) is 0 Å². The van der Waals surface area contributed by atoms with Crippen LogP contribution in [0.2, 0.25) is 0 Å². The van der Waals surface area contributed by atoms with Gasteiger partial charge in [0.1, 0.15) is 0 Å². The van der Waals surface area contributed by atoms with E-state index in [4.69, 9.17) is 4.74 Å². The number of hydrogen-bond acceptors (Lipinski definition) is 3. The maximum Gasteiger partial charge on any atom is 0.191 e. The molecule has 0 unspecified atom stereocenters. The second-order valence-electron chi connectivity index (χ2n) is 6.06. The number of nitrogens with zero attached hydrogens (tertiary/aromatic N) is 1. The van der Waals surface area contributed by atoms with E-state index in [2.05, 4.69) is 39.4 Å². The first-order valence-electron chi connectivity index (χ1n) is 8.31. The van der Waals surface area contributed by atoms with Crippen LogP contribution in [0.5, 0.6) is 0 Å². The minimum Gasteiger partial charge on any atom is -0.382 e. The Balaban J connectivity index is 1.79. The van der Waals surface area contributed by atoms with Crippen molar-refractivity contribution >= 4 is 17.3 Å². The molecule has 1 heterocycles. The predicted molar refractivity (Wildman–Crippen MR) is 94.5 cm³/mol. The number of ether oxygens (including phenoxy) is 1. The average Bonchev–Trinajstić information content (AvgIpc) is 3.20. The summed E-state index contributed by atoms with van der Waals surface area (Å²) in [5, 5.41) is 11.2. The van der Waals surface area contributed by atoms with Crippen LogP contribution < -0.4 is 10.6 Å². The van der Waals surface area contributed by atoms with Gasteiger partial charge in [-0.1, -0.05) is 12.8 Å². The maximum atomic E-state index is 5.58. The van der Waals surface area contributed by atoms with Crippen molar-refractivity contribution in [1.82, 2.24) is 10.6 Å². The van der Waals surface area contributed by atoms with Gasteiger partial charge in [-0.2, -0.15) is 11.3 Å². The minimum absolute atomic E-state index is 0.384. The molecular weight excluding hydrogens is 294 g/mol. The second kappa shape index (κ2) is 9.16. The van der Waals surface area contributed by atoms with Crippen molar-refractivity contribution in [3.05, 3.63) is 22.4 Å². The molecule has 0 amide bonds. The van der Waals surface area contributed by atoms with Gasteiger partial charge in [0.25, 0.3) is 0 Å². The van der Waals surface area contributed by atoms with Gasteiger partial charge in [0.2, 0.25) is 0 Å². The monoisotopic (exact) mass is 323 g/mol. The fourth-order valence-electron chi connectivity index (χ4n) is 3.14. The van der Waals surface area contributed by atoms with Gasteiger partial charge in [-0.15, -0.1) is 0 Å². The molecule has 1 aliphatic rings. The summed E-state index contributed by atoms with van der Waals surface area (Å²) in [6.07, 6.45) is 6.43. The van der Waals surface area contributed by atoms with Crippen molar-refractivity contribution in [2.45, 2.75) is 45.6 Å². The average molecular weight is 324 g/mol. The van der Waals surface area contributed by atoms with Gasteiger partial charge >= 0.3 is 0 Å². The Kier molecular flexibility index (Phi) is 7.19. The molecule has 1 fully saturated rings. The molecule has 5 heteroatoms. The molecule has 0 aliphatic heterocycles. The van der Waals surface area contributed by atoms with E-state index in [1.807, 2.05) is 7.05 Å². The van der Waals surface area contributed by atoms with Crippen molar-refractivity contribution in [2.24, 2.45) is 10.4 Å². The molecule has 22 heavy (non-hydrogen) atoms. The zero-order chi connectivity index (χ0) is 15.7. The summed E-state index contributed by atoms with van der Waals surface area (Å²) >= 11 is 1.73. The molecule has 2 N–H and O–H groups in total. The minimum atomic E-state index is 0.384. The molecule has 0 radical (unpaired) electrons. The lowest BCUT2D eigenvalue weighted by Crippen LogP contribution is -2.43. The summed E-state index contributed by atoms with van der Waals surface area (Å²) in [4.78, 5) is 4.34. The third-order valence-electron chi connectivity index (χ3n) is 4.54. The van der Waals surface area contributed by atoms with Gasteiger partial charge in [-0.05, 0) is 54.0 Å². The molecule has 1 aromatic heterocycles. The Labute approximate surface area is 138 Å². The molecule has 0 bridgehead atoms. The van der Waals surface area contributed by atoms with E-state index >= 15 is 0 Å². The topological polar surface area (TPSA) is 45.6 Å². The molecule has 1 aromatic rings. The number of nitrogens with one attached hydrogen (secondary N) is 2. The summed E-state index contributed by atoms with van der Waals surface area (Å²) in [6, 6.07) is 2.14. The lowest BCUT2D eigenvalue weighted by Gasteiger charge is -2.30. The zero-order valence-electron chi connectivity index (χ0n) is 13.9. The smallest absolute Gasteiger partial charge is 0.191 e. The van der Waals surface area contributed by atoms with Crippen LogP contribution in [0, 0.1) is 5.41 Å². The van der Waals surface area contributed by atoms with E-state index in [-0.39, 0.29) is 0 Å². The molecule has 124 valence electrons. The van der Waals surface area contributed by atoms with Crippen LogP contribution in [0.1, 0.15) is 44.6 Å². The standard InChI is InChI=1S/C17H29N3OS/c1-3-21-10-9-17(7-4-5-8-17)14-20-16(18-2)19-12-15-6-11-22-13-15/h6,11,13H,3-5,7-10,12,14H2,1-2H3,(H2,18,19,20). The first kappa shape index (κ1) is 17.3. The maximum absolute atomic E-state index is 5.58. The van der Waals surface area contributed by atoms with Gasteiger partial charge in [0.15, 0.2) is 5.96 Å². The van der Waals surface area contributed by atoms with E-state index < -0.39 is 0 Å². The van der Waals surface area contributed by atoms with Crippen LogP contribution in [0.15, 0.2) is 21.8 Å². The Morgan fingerprint density at radius 2 is 2.18 bits per heavy atom. The van der Waals surface area contributed by atoms with Crippen molar-refractivity contribution in [1.29, 1.82) is 0 Å². The van der Waals surface area contributed by atoms with Crippen LogP contribution in [-0.2, 0) is 11.3 Å². The predicted octanol–water partition coefficient (Wildman–Crippen LogP) is 3.40. The second-order valence-corrected chi connectivity index (χ2v) is 6.84. The fourth-order valence-corrected chi connectivity index (χ4v) is 3.81. The van der Waals surface area contributed by atoms with Crippen molar-refractivity contribution < 1.29 is 4.74 Å². The number of hydrogen-bond donors (Lipinski definition) is 2. The molecule has 0 saturated heterocycles. The highest BCUT2D eigenvalue weighted by molar-refractivity contribution is 7.07. The van der Waals surface area contributed by atoms with E-state index in [1.165, 1.54) is 31.2 Å². The summed E-state index contributed by atoms with van der Waals surface area (Å²) < 4.78 is 5.58. The third kappa shape index (κ3) is 5.29. The van der Waals surface area contributed by atoms with Crippen molar-refractivity contribution in [2.75, 3.05) is 26.8 Å². The van der Waals surface area contributed by atoms with Crippen molar-refractivity contribution in [3.8, 4) is 0 Å². The third-order valence-corrected chi connectivity index (χ3v) is 5.27. The van der Waals surface area contributed by atoms with E-state index in [0.717, 1.165) is 38.7 Å². The van der Waals surface area contributed by atoms with Gasteiger partial charge in [0, 0.05) is 33.4 Å². The molecule has 1 saturated carbocycles. The van der Waals surface area contributed by atoms with Crippen LogP contribution in [0.4, 0.5) is 0 Å². The Morgan fingerprint density at radius 3 is 2.82 bits per heavy atom. The molecule has 0 aromatic carbocycles. The van der Waals surface area contributed by atoms with Gasteiger partial charge in [-0.3, -0.25) is 4.99 Å². The SMILES string of the molecule is CCOCCC1(CNC(=NC)NCc2ccsc2)CCCC1. The quantitative estimate of drug-likeness (QED) is 0.438. The Hall–Kier alpha value is -1.07. The lowest BCUT2D eigenvalue weighted by atomic mass is 9.83. The van der Waals surface area contributed by atoms with Gasteiger partial charge in [0.05, 0.1) is 0 Å². The molecule has 1 aliphatic carbocycles.